The molecule has 2 heterocycles. The van der Waals surface area contributed by atoms with Crippen molar-refractivity contribution in [2.45, 2.75) is 48.5 Å². The first-order valence-corrected chi connectivity index (χ1v) is 17.8. The van der Waals surface area contributed by atoms with Crippen molar-refractivity contribution >= 4 is 21.8 Å². The van der Waals surface area contributed by atoms with Gasteiger partial charge in [-0.1, -0.05) is 66.7 Å². The van der Waals surface area contributed by atoms with Gasteiger partial charge in [0.1, 0.15) is 43.0 Å². The molecule has 2 fully saturated rings. The lowest BCUT2D eigenvalue weighted by Gasteiger charge is -2.43. The second-order valence-corrected chi connectivity index (χ2v) is 13.1. The molecule has 0 saturated carbocycles. The molecule has 2 aliphatic heterocycles. The second-order valence-electron chi connectivity index (χ2n) is 12.4. The van der Waals surface area contributed by atoms with Gasteiger partial charge >= 0.3 is 8.25 Å². The van der Waals surface area contributed by atoms with Crippen LogP contribution in [0, 0.1) is 5.82 Å². The maximum absolute atomic E-state index is 14.6. The van der Waals surface area contributed by atoms with Crippen LogP contribution in [0.5, 0.6) is 11.5 Å². The van der Waals surface area contributed by atoms with E-state index in [4.69, 9.17) is 40.8 Å². The number of methoxy groups -OCH3 is 3. The number of nitrogens with zero attached hydrogens (tertiary/aromatic N) is 1. The summed E-state index contributed by atoms with van der Waals surface area (Å²) in [6.45, 7) is 0.760. The van der Waals surface area contributed by atoms with Crippen molar-refractivity contribution in [1.82, 2.24) is 0 Å². The van der Waals surface area contributed by atoms with Crippen LogP contribution in [0.3, 0.4) is 0 Å². The number of benzene rings is 4. The van der Waals surface area contributed by atoms with Crippen molar-refractivity contribution in [3.8, 4) is 11.5 Å². The van der Waals surface area contributed by atoms with Crippen LogP contribution in [0.4, 0.5) is 10.1 Å². The highest BCUT2D eigenvalue weighted by atomic mass is 31.1. The molecule has 0 amide bonds. The summed E-state index contributed by atoms with van der Waals surface area (Å²) in [6.07, 6.45) is -2.30. The van der Waals surface area contributed by atoms with Gasteiger partial charge < -0.3 is 33.3 Å². The number of halogens is 1. The average Bonchev–Trinajstić information content (AvgIpc) is 3.45. The summed E-state index contributed by atoms with van der Waals surface area (Å²) < 4.78 is 69.0. The summed E-state index contributed by atoms with van der Waals surface area (Å²) in [6, 6.07) is 30.4. The fraction of sp³-hybridized carbons (Fsp3) is 0.368. The number of ether oxygens (including phenoxy) is 6. The molecule has 2 unspecified atom stereocenters. The summed E-state index contributed by atoms with van der Waals surface area (Å²) in [4.78, 5) is 11.9. The van der Waals surface area contributed by atoms with Gasteiger partial charge in [-0.05, 0) is 53.1 Å². The van der Waals surface area contributed by atoms with Crippen LogP contribution in [0.2, 0.25) is 0 Å². The minimum absolute atomic E-state index is 0.116. The number of para-hydroxylation sites is 1. The minimum atomic E-state index is -3.09. The summed E-state index contributed by atoms with van der Waals surface area (Å²) in [7, 11) is 8.18. The smallest absolute Gasteiger partial charge is 0.497 e. The Morgan fingerprint density at radius 1 is 0.843 bits per heavy atom. The Morgan fingerprint density at radius 2 is 1.39 bits per heavy atom. The van der Waals surface area contributed by atoms with Crippen LogP contribution < -0.4 is 14.4 Å². The maximum Gasteiger partial charge on any atom is 0.695 e. The highest BCUT2D eigenvalue weighted by molar-refractivity contribution is 7.32. The van der Waals surface area contributed by atoms with E-state index in [1.54, 1.807) is 32.4 Å². The standard InChI is InChI=1S/C38H40BFNO9P/c1-44-29-17-13-27(14-18-29)38(26-9-5-4-6-10-26,28-15-19-30(45-2)20-16-28)47-25-33-34(50-51(42)43)35(36(39)48-33)49-37(46-3)21-23-41(24-22-37)32-12-8-7-11-31(32)40/h4-20,33-36H,21-25H2,1-3H3/p+1/t33-,34+,35?,36-/m1/s1. The van der Waals surface area contributed by atoms with Crippen LogP contribution in [-0.4, -0.2) is 83.9 Å². The maximum atomic E-state index is 14.6. The van der Waals surface area contributed by atoms with Crippen molar-refractivity contribution in [3.63, 3.8) is 0 Å². The van der Waals surface area contributed by atoms with Gasteiger partial charge in [0.2, 0.25) is 0 Å². The Hall–Kier alpha value is -3.87. The molecule has 0 aromatic heterocycles. The van der Waals surface area contributed by atoms with Gasteiger partial charge in [-0.25, -0.2) is 4.39 Å². The largest absolute Gasteiger partial charge is 0.695 e. The zero-order valence-electron chi connectivity index (χ0n) is 28.7. The second kappa shape index (κ2) is 16.2. The van der Waals surface area contributed by atoms with Crippen molar-refractivity contribution in [1.29, 1.82) is 0 Å². The molecule has 4 aromatic carbocycles. The first-order valence-electron chi connectivity index (χ1n) is 16.7. The normalized spacial score (nSPS) is 22.1. The molecule has 2 saturated heterocycles. The Bertz CT molecular complexity index is 1700. The van der Waals surface area contributed by atoms with Crippen molar-refractivity contribution < 1.29 is 46.8 Å². The number of rotatable bonds is 14. The Balaban J connectivity index is 1.30. The van der Waals surface area contributed by atoms with Crippen LogP contribution in [0.1, 0.15) is 29.5 Å². The molecule has 2 aliphatic rings. The average molecular weight is 717 g/mol. The molecular formula is C38H41BFNO9P+. The van der Waals surface area contributed by atoms with E-state index in [2.05, 4.69) is 0 Å². The molecule has 0 bridgehead atoms. The molecule has 51 heavy (non-hydrogen) atoms. The summed E-state index contributed by atoms with van der Waals surface area (Å²) in [5.74, 6) is -0.0974. The third-order valence-corrected chi connectivity index (χ3v) is 10.1. The quantitative estimate of drug-likeness (QED) is 0.0712. The molecule has 1 N–H and O–H groups in total. The van der Waals surface area contributed by atoms with E-state index in [1.807, 2.05) is 83.8 Å². The fourth-order valence-electron chi connectivity index (χ4n) is 6.95. The Labute approximate surface area is 299 Å². The molecule has 10 nitrogen and oxygen atoms in total. The Morgan fingerprint density at radius 3 is 1.92 bits per heavy atom. The van der Waals surface area contributed by atoms with Crippen molar-refractivity contribution in [3.05, 3.63) is 126 Å². The number of hydrogen-bond acceptors (Lipinski definition) is 9. The van der Waals surface area contributed by atoms with E-state index in [-0.39, 0.29) is 12.4 Å². The molecule has 4 aromatic rings. The molecule has 0 aliphatic carbocycles. The molecular weight excluding hydrogens is 675 g/mol. The van der Waals surface area contributed by atoms with Gasteiger partial charge in [0.05, 0.1) is 26.5 Å². The van der Waals surface area contributed by atoms with Crippen molar-refractivity contribution in [2.75, 3.05) is 45.9 Å². The molecule has 5 atom stereocenters. The molecule has 6 rings (SSSR count). The Kier molecular flexibility index (Phi) is 11.7. The number of anilines is 1. The van der Waals surface area contributed by atoms with Gasteiger partial charge in [-0.15, -0.1) is 9.42 Å². The van der Waals surface area contributed by atoms with E-state index in [1.165, 1.54) is 13.2 Å². The van der Waals surface area contributed by atoms with E-state index in [0.717, 1.165) is 16.7 Å². The van der Waals surface area contributed by atoms with E-state index < -0.39 is 44.0 Å². The molecule has 266 valence electrons. The van der Waals surface area contributed by atoms with Gasteiger partial charge in [-0.3, -0.25) is 0 Å². The molecule has 13 heteroatoms. The fourth-order valence-corrected chi connectivity index (χ4v) is 7.42. The van der Waals surface area contributed by atoms with Gasteiger partial charge in [-0.2, -0.15) is 0 Å². The predicted octanol–water partition coefficient (Wildman–Crippen LogP) is 6.11. The third-order valence-electron chi connectivity index (χ3n) is 9.64. The monoisotopic (exact) mass is 716 g/mol. The third kappa shape index (κ3) is 7.83. The van der Waals surface area contributed by atoms with Gasteiger partial charge in [0, 0.05) is 43.6 Å². The van der Waals surface area contributed by atoms with E-state index in [9.17, 15) is 13.8 Å². The molecule has 2 radical (unpaired) electrons. The first-order chi connectivity index (χ1) is 24.7. The van der Waals surface area contributed by atoms with Crippen LogP contribution in [-0.2, 0) is 33.6 Å². The zero-order chi connectivity index (χ0) is 36.0. The van der Waals surface area contributed by atoms with Crippen molar-refractivity contribution in [2.24, 2.45) is 0 Å². The van der Waals surface area contributed by atoms with E-state index >= 15 is 0 Å². The lowest BCUT2D eigenvalue weighted by Crippen LogP contribution is -2.52. The number of hydrogen-bond donors (Lipinski definition) is 1. The summed E-state index contributed by atoms with van der Waals surface area (Å²) >= 11 is 0. The summed E-state index contributed by atoms with van der Waals surface area (Å²) in [5, 5.41) is 0. The lowest BCUT2D eigenvalue weighted by molar-refractivity contribution is -0.265. The highest BCUT2D eigenvalue weighted by Gasteiger charge is 2.53. The highest BCUT2D eigenvalue weighted by Crippen LogP contribution is 2.44. The van der Waals surface area contributed by atoms with E-state index in [0.29, 0.717) is 43.1 Å². The summed E-state index contributed by atoms with van der Waals surface area (Å²) in [5.41, 5.74) is 1.71. The zero-order valence-corrected chi connectivity index (χ0v) is 29.6. The first kappa shape index (κ1) is 36.9. The van der Waals surface area contributed by atoms with Crippen LogP contribution in [0.25, 0.3) is 0 Å². The SMILES string of the molecule is [B][C@@H]1O[C@H](COC(c2ccccc2)(c2ccc(OC)cc2)c2ccc(OC)cc2)[C@H](O[P+](=O)O)C1OC1(OC)CCN(c2ccccc2F)CC1. The lowest BCUT2D eigenvalue weighted by atomic mass is 9.80. The number of piperidine rings is 1. The van der Waals surface area contributed by atoms with Gasteiger partial charge in [0.25, 0.3) is 0 Å². The minimum Gasteiger partial charge on any atom is -0.497 e. The van der Waals surface area contributed by atoms with Crippen LogP contribution >= 0.6 is 8.25 Å². The molecule has 0 spiro atoms. The van der Waals surface area contributed by atoms with Crippen LogP contribution in [0.15, 0.2) is 103 Å². The topological polar surface area (TPSA) is 105 Å². The predicted molar refractivity (Wildman–Crippen MR) is 190 cm³/mol. The van der Waals surface area contributed by atoms with Gasteiger partial charge in [0.15, 0.2) is 11.9 Å².